The van der Waals surface area contributed by atoms with Crippen molar-refractivity contribution in [2.45, 2.75) is 26.4 Å². The van der Waals surface area contributed by atoms with E-state index in [0.717, 1.165) is 0 Å². The van der Waals surface area contributed by atoms with Crippen molar-refractivity contribution in [1.29, 1.82) is 0 Å². The SMILES string of the molecule is CCOC(=O)C(Cc1ccccc1O)OCC. The number of hydrogen-bond donors (Lipinski definition) is 1. The molecule has 1 N–H and O–H groups in total. The minimum atomic E-state index is -0.659. The molecule has 0 aliphatic carbocycles. The molecule has 94 valence electrons. The Bertz CT molecular complexity index is 362. The lowest BCUT2D eigenvalue weighted by Crippen LogP contribution is -2.29. The summed E-state index contributed by atoms with van der Waals surface area (Å²) in [5.41, 5.74) is 0.680. The molecule has 0 heterocycles. The van der Waals surface area contributed by atoms with Crippen LogP contribution in [0.5, 0.6) is 5.75 Å². The molecule has 4 heteroatoms. The first-order valence-electron chi connectivity index (χ1n) is 5.74. The predicted octanol–water partition coefficient (Wildman–Crippen LogP) is 1.90. The van der Waals surface area contributed by atoms with Gasteiger partial charge in [-0.3, -0.25) is 0 Å². The predicted molar refractivity (Wildman–Crippen MR) is 63.9 cm³/mol. The fourth-order valence-electron chi connectivity index (χ4n) is 1.53. The van der Waals surface area contributed by atoms with Gasteiger partial charge in [-0.15, -0.1) is 0 Å². The minimum Gasteiger partial charge on any atom is -0.508 e. The zero-order valence-corrected chi connectivity index (χ0v) is 10.2. The monoisotopic (exact) mass is 238 g/mol. The van der Waals surface area contributed by atoms with Crippen LogP contribution in [0.4, 0.5) is 0 Å². The highest BCUT2D eigenvalue weighted by Gasteiger charge is 2.21. The molecule has 0 amide bonds. The number of carbonyl (C=O) groups excluding carboxylic acids is 1. The number of aromatic hydroxyl groups is 1. The van der Waals surface area contributed by atoms with Crippen LogP contribution in [-0.4, -0.2) is 30.4 Å². The maximum Gasteiger partial charge on any atom is 0.335 e. The molecule has 0 spiro atoms. The summed E-state index contributed by atoms with van der Waals surface area (Å²) in [6, 6.07) is 6.90. The third-order valence-corrected chi connectivity index (χ3v) is 2.31. The van der Waals surface area contributed by atoms with E-state index in [2.05, 4.69) is 0 Å². The lowest BCUT2D eigenvalue weighted by molar-refractivity contribution is -0.156. The van der Waals surface area contributed by atoms with Crippen LogP contribution in [0.3, 0.4) is 0 Å². The molecular weight excluding hydrogens is 220 g/mol. The minimum absolute atomic E-state index is 0.168. The number of phenols is 1. The van der Waals surface area contributed by atoms with Gasteiger partial charge in [0.15, 0.2) is 6.10 Å². The van der Waals surface area contributed by atoms with Gasteiger partial charge >= 0.3 is 5.97 Å². The number of rotatable bonds is 6. The quantitative estimate of drug-likeness (QED) is 0.769. The van der Waals surface area contributed by atoms with E-state index in [-0.39, 0.29) is 5.75 Å². The summed E-state index contributed by atoms with van der Waals surface area (Å²) in [6.07, 6.45) is -0.340. The van der Waals surface area contributed by atoms with Crippen molar-refractivity contribution >= 4 is 5.97 Å². The van der Waals surface area contributed by atoms with Crippen molar-refractivity contribution in [3.05, 3.63) is 29.8 Å². The van der Waals surface area contributed by atoms with E-state index in [1.807, 2.05) is 13.0 Å². The van der Waals surface area contributed by atoms with Gasteiger partial charge in [0, 0.05) is 13.0 Å². The van der Waals surface area contributed by atoms with Gasteiger partial charge in [-0.1, -0.05) is 18.2 Å². The fraction of sp³-hybridized carbons (Fsp3) is 0.462. The zero-order valence-electron chi connectivity index (χ0n) is 10.2. The Labute approximate surface area is 101 Å². The highest BCUT2D eigenvalue weighted by atomic mass is 16.6. The van der Waals surface area contributed by atoms with Crippen LogP contribution in [-0.2, 0) is 20.7 Å². The molecule has 0 aliphatic heterocycles. The molecular formula is C13H18O4. The Morgan fingerprint density at radius 2 is 2.00 bits per heavy atom. The van der Waals surface area contributed by atoms with Gasteiger partial charge in [0.05, 0.1) is 6.61 Å². The molecule has 0 aliphatic rings. The largest absolute Gasteiger partial charge is 0.508 e. The molecule has 17 heavy (non-hydrogen) atoms. The van der Waals surface area contributed by atoms with Crippen LogP contribution in [0.25, 0.3) is 0 Å². The molecule has 0 saturated carbocycles. The summed E-state index contributed by atoms with van der Waals surface area (Å²) in [5, 5.41) is 9.63. The Morgan fingerprint density at radius 1 is 1.29 bits per heavy atom. The molecule has 0 aromatic heterocycles. The van der Waals surface area contributed by atoms with Gasteiger partial charge in [-0.05, 0) is 25.5 Å². The average Bonchev–Trinajstić information content (AvgIpc) is 2.31. The van der Waals surface area contributed by atoms with E-state index in [1.54, 1.807) is 25.1 Å². The number of hydrogen-bond acceptors (Lipinski definition) is 4. The van der Waals surface area contributed by atoms with Gasteiger partial charge in [-0.2, -0.15) is 0 Å². The Kier molecular flexibility index (Phi) is 5.49. The zero-order chi connectivity index (χ0) is 12.7. The van der Waals surface area contributed by atoms with E-state index in [9.17, 15) is 9.90 Å². The number of benzene rings is 1. The maximum atomic E-state index is 11.6. The first-order valence-corrected chi connectivity index (χ1v) is 5.74. The van der Waals surface area contributed by atoms with Gasteiger partial charge in [0.1, 0.15) is 5.75 Å². The summed E-state index contributed by atoms with van der Waals surface area (Å²) >= 11 is 0. The second-order valence-corrected chi connectivity index (χ2v) is 3.53. The number of phenolic OH excluding ortho intramolecular Hbond substituents is 1. The summed E-state index contributed by atoms with van der Waals surface area (Å²) < 4.78 is 10.3. The van der Waals surface area contributed by atoms with Gasteiger partial charge in [-0.25, -0.2) is 4.79 Å². The lowest BCUT2D eigenvalue weighted by Gasteiger charge is -2.16. The molecule has 0 fully saturated rings. The lowest BCUT2D eigenvalue weighted by atomic mass is 10.1. The van der Waals surface area contributed by atoms with Crippen LogP contribution in [0.15, 0.2) is 24.3 Å². The topological polar surface area (TPSA) is 55.8 Å². The highest BCUT2D eigenvalue weighted by Crippen LogP contribution is 2.18. The van der Waals surface area contributed by atoms with E-state index in [0.29, 0.717) is 25.2 Å². The third kappa shape index (κ3) is 4.07. The molecule has 1 unspecified atom stereocenters. The average molecular weight is 238 g/mol. The van der Waals surface area contributed by atoms with Crippen molar-refractivity contribution in [1.82, 2.24) is 0 Å². The van der Waals surface area contributed by atoms with Gasteiger partial charge < -0.3 is 14.6 Å². The van der Waals surface area contributed by atoms with Crippen molar-refractivity contribution < 1.29 is 19.4 Å². The summed E-state index contributed by atoms with van der Waals surface area (Å²) in [5.74, 6) is -0.223. The molecule has 0 bridgehead atoms. The molecule has 1 rings (SSSR count). The Hall–Kier alpha value is -1.55. The first kappa shape index (κ1) is 13.5. The smallest absolute Gasteiger partial charge is 0.335 e. The Balaban J connectivity index is 2.73. The number of para-hydroxylation sites is 1. The number of ether oxygens (including phenoxy) is 2. The second kappa shape index (κ2) is 6.91. The van der Waals surface area contributed by atoms with Crippen LogP contribution < -0.4 is 0 Å². The standard InChI is InChI=1S/C13H18O4/c1-3-16-12(13(15)17-4-2)9-10-7-5-6-8-11(10)14/h5-8,12,14H,3-4,9H2,1-2H3. The normalized spacial score (nSPS) is 12.1. The first-order chi connectivity index (χ1) is 8.19. The maximum absolute atomic E-state index is 11.6. The van der Waals surface area contributed by atoms with Crippen LogP contribution >= 0.6 is 0 Å². The summed E-state index contributed by atoms with van der Waals surface area (Å²) in [7, 11) is 0. The van der Waals surface area contributed by atoms with E-state index in [1.165, 1.54) is 0 Å². The molecule has 0 radical (unpaired) electrons. The number of esters is 1. The van der Waals surface area contributed by atoms with Crippen LogP contribution in [0.2, 0.25) is 0 Å². The van der Waals surface area contributed by atoms with E-state index < -0.39 is 12.1 Å². The van der Waals surface area contributed by atoms with Crippen molar-refractivity contribution in [2.24, 2.45) is 0 Å². The van der Waals surface area contributed by atoms with E-state index in [4.69, 9.17) is 9.47 Å². The second-order valence-electron chi connectivity index (χ2n) is 3.53. The van der Waals surface area contributed by atoms with Gasteiger partial charge in [0.25, 0.3) is 0 Å². The molecule has 1 aromatic rings. The summed E-state index contributed by atoms with van der Waals surface area (Å²) in [4.78, 5) is 11.6. The third-order valence-electron chi connectivity index (χ3n) is 2.31. The van der Waals surface area contributed by atoms with Gasteiger partial charge in [0.2, 0.25) is 0 Å². The van der Waals surface area contributed by atoms with Crippen molar-refractivity contribution in [3.8, 4) is 5.75 Å². The molecule has 0 saturated heterocycles. The molecule has 4 nitrogen and oxygen atoms in total. The molecule has 1 aromatic carbocycles. The fourth-order valence-corrected chi connectivity index (χ4v) is 1.53. The summed E-state index contributed by atoms with van der Waals surface area (Å²) in [6.45, 7) is 4.32. The highest BCUT2D eigenvalue weighted by molar-refractivity contribution is 5.75. The number of carbonyl (C=O) groups is 1. The Morgan fingerprint density at radius 3 is 2.59 bits per heavy atom. The van der Waals surface area contributed by atoms with Crippen molar-refractivity contribution in [3.63, 3.8) is 0 Å². The van der Waals surface area contributed by atoms with Crippen molar-refractivity contribution in [2.75, 3.05) is 13.2 Å². The van der Waals surface area contributed by atoms with Crippen LogP contribution in [0.1, 0.15) is 19.4 Å². The van der Waals surface area contributed by atoms with E-state index >= 15 is 0 Å². The van der Waals surface area contributed by atoms with Crippen LogP contribution in [0, 0.1) is 0 Å². The molecule has 1 atom stereocenters.